The summed E-state index contributed by atoms with van der Waals surface area (Å²) in [5.41, 5.74) is 12.3. The maximum absolute atomic E-state index is 14.2. The fourth-order valence-electron chi connectivity index (χ4n) is 6.48. The van der Waals surface area contributed by atoms with E-state index in [9.17, 15) is 19.8 Å². The number of anilines is 2. The number of amides is 2. The van der Waals surface area contributed by atoms with E-state index < -0.39 is 23.6 Å². The lowest BCUT2D eigenvalue weighted by Crippen LogP contribution is -2.58. The molecule has 2 aromatic heterocycles. The standard InChI is InChI=1S/C35H49N9O4S/c1-21(24-7-9-25(10-8-24)31-23(3)37-20-49-31)38-22(2)28-16-27(46)17-44(28)34(48)32(35(4,5)6)39-30(47)18-42-11-13-43(14-12-42)29-15-26(19-45)40-41-33(29)36/h7-10,15,20-21,27-28,32,38,45-46H,2,11-14,16-19H2,1,3-6H3,(H2,36,41)(H,39,47)/t21-,27+,28-,32+/m0/s1. The molecule has 0 unspecified atom stereocenters. The van der Waals surface area contributed by atoms with Crippen LogP contribution in [0, 0.1) is 12.3 Å². The zero-order valence-corrected chi connectivity index (χ0v) is 29.8. The second-order valence-electron chi connectivity index (χ2n) is 14.1. The van der Waals surface area contributed by atoms with Crippen LogP contribution in [0.4, 0.5) is 11.5 Å². The second-order valence-corrected chi connectivity index (χ2v) is 14.9. The molecule has 0 bridgehead atoms. The zero-order valence-electron chi connectivity index (χ0n) is 29.0. The first-order valence-corrected chi connectivity index (χ1v) is 17.6. The van der Waals surface area contributed by atoms with Crippen LogP contribution in [0.1, 0.15) is 57.1 Å². The minimum atomic E-state index is -0.804. The number of nitrogens with zero attached hydrogens (tertiary/aromatic N) is 6. The number of benzene rings is 1. The lowest BCUT2D eigenvalue weighted by Gasteiger charge is -2.38. The summed E-state index contributed by atoms with van der Waals surface area (Å²) in [4.78, 5) is 38.8. The Kier molecular flexibility index (Phi) is 11.2. The summed E-state index contributed by atoms with van der Waals surface area (Å²) in [6, 6.07) is 8.75. The van der Waals surface area contributed by atoms with Crippen molar-refractivity contribution in [3.05, 3.63) is 65.1 Å². The third kappa shape index (κ3) is 8.55. The lowest BCUT2D eigenvalue weighted by atomic mass is 9.85. The number of aliphatic hydroxyl groups is 2. The maximum Gasteiger partial charge on any atom is 0.246 e. The summed E-state index contributed by atoms with van der Waals surface area (Å²) in [6.07, 6.45) is -0.337. The van der Waals surface area contributed by atoms with Crippen molar-refractivity contribution in [3.63, 3.8) is 0 Å². The molecule has 5 rings (SSSR count). The van der Waals surface area contributed by atoms with Crippen molar-refractivity contribution in [2.45, 2.75) is 71.9 Å². The Hall–Kier alpha value is -4.11. The number of carbonyl (C=O) groups is 2. The first-order valence-electron chi connectivity index (χ1n) is 16.7. The number of hydrogen-bond donors (Lipinski definition) is 5. The molecule has 2 saturated heterocycles. The van der Waals surface area contributed by atoms with E-state index in [0.29, 0.717) is 55.5 Å². The van der Waals surface area contributed by atoms with Crippen molar-refractivity contribution in [1.82, 2.24) is 35.6 Å². The molecule has 2 aliphatic rings. The minimum absolute atomic E-state index is 0.0830. The molecule has 49 heavy (non-hydrogen) atoms. The summed E-state index contributed by atoms with van der Waals surface area (Å²) >= 11 is 1.62. The number of aliphatic hydroxyl groups excluding tert-OH is 2. The average molecular weight is 692 g/mol. The molecule has 4 atom stereocenters. The van der Waals surface area contributed by atoms with Gasteiger partial charge in [-0.25, -0.2) is 4.98 Å². The summed E-state index contributed by atoms with van der Waals surface area (Å²) in [5.74, 6) is -0.190. The van der Waals surface area contributed by atoms with Crippen LogP contribution in [0.15, 0.2) is 48.1 Å². The molecule has 13 nitrogen and oxygen atoms in total. The molecule has 14 heteroatoms. The Morgan fingerprint density at radius 1 is 1.12 bits per heavy atom. The van der Waals surface area contributed by atoms with Crippen molar-refractivity contribution in [2.24, 2.45) is 5.41 Å². The van der Waals surface area contributed by atoms with E-state index in [4.69, 9.17) is 5.73 Å². The van der Waals surface area contributed by atoms with Gasteiger partial charge < -0.3 is 36.4 Å². The van der Waals surface area contributed by atoms with Crippen LogP contribution >= 0.6 is 11.3 Å². The molecule has 3 aromatic rings. The molecule has 2 amide bonds. The highest BCUT2D eigenvalue weighted by Gasteiger charge is 2.43. The maximum atomic E-state index is 14.2. The second kappa shape index (κ2) is 15.2. The van der Waals surface area contributed by atoms with Crippen molar-refractivity contribution >= 4 is 34.7 Å². The van der Waals surface area contributed by atoms with Crippen molar-refractivity contribution in [1.29, 1.82) is 0 Å². The minimum Gasteiger partial charge on any atom is -0.391 e. The fraction of sp³-hybridized carbons (Fsp3) is 0.514. The highest BCUT2D eigenvalue weighted by Crippen LogP contribution is 2.31. The summed E-state index contributed by atoms with van der Waals surface area (Å²) in [7, 11) is 0. The van der Waals surface area contributed by atoms with Crippen LogP contribution in [0.2, 0.25) is 0 Å². The van der Waals surface area contributed by atoms with E-state index in [1.54, 1.807) is 22.3 Å². The molecule has 2 fully saturated rings. The number of nitrogen functional groups attached to an aromatic ring is 1. The summed E-state index contributed by atoms with van der Waals surface area (Å²) in [5, 5.41) is 34.5. The van der Waals surface area contributed by atoms with Crippen molar-refractivity contribution in [3.8, 4) is 10.4 Å². The van der Waals surface area contributed by atoms with Crippen LogP contribution < -0.4 is 21.3 Å². The van der Waals surface area contributed by atoms with Crippen LogP contribution in [0.25, 0.3) is 10.4 Å². The number of piperazine rings is 1. The average Bonchev–Trinajstić information content (AvgIpc) is 3.68. The molecular formula is C35H49N9O4S. The zero-order chi connectivity index (χ0) is 35.5. The van der Waals surface area contributed by atoms with Gasteiger partial charge >= 0.3 is 0 Å². The predicted octanol–water partition coefficient (Wildman–Crippen LogP) is 2.46. The molecule has 0 aliphatic carbocycles. The number of hydrogen-bond acceptors (Lipinski definition) is 12. The van der Waals surface area contributed by atoms with Gasteiger partial charge in [0.25, 0.3) is 0 Å². The van der Waals surface area contributed by atoms with Crippen LogP contribution in [0.5, 0.6) is 0 Å². The molecular weight excluding hydrogens is 643 g/mol. The number of β-amino-alcohol motifs (C(OH)–C–C–N with tert-alkyl or cyclic N) is 1. The first kappa shape index (κ1) is 36.2. The van der Waals surface area contributed by atoms with Gasteiger partial charge in [0.2, 0.25) is 11.8 Å². The molecule has 0 spiro atoms. The summed E-state index contributed by atoms with van der Waals surface area (Å²) < 4.78 is 0. The number of nitrogens with one attached hydrogen (secondary N) is 2. The third-order valence-corrected chi connectivity index (χ3v) is 10.3. The highest BCUT2D eigenvalue weighted by atomic mass is 32.1. The molecule has 2 aliphatic heterocycles. The summed E-state index contributed by atoms with van der Waals surface area (Å²) in [6.45, 7) is 16.6. The topological polar surface area (TPSA) is 173 Å². The largest absolute Gasteiger partial charge is 0.391 e. The van der Waals surface area contributed by atoms with Gasteiger partial charge in [-0.1, -0.05) is 51.6 Å². The van der Waals surface area contributed by atoms with Crippen molar-refractivity contribution in [2.75, 3.05) is 49.9 Å². The Balaban J connectivity index is 1.19. The number of nitrogens with two attached hydrogens (primary N) is 1. The Bertz CT molecular complexity index is 1630. The van der Waals surface area contributed by atoms with Gasteiger partial charge in [0.1, 0.15) is 6.04 Å². The molecule has 6 N–H and O–H groups in total. The third-order valence-electron chi connectivity index (χ3n) is 9.30. The van der Waals surface area contributed by atoms with E-state index in [1.807, 2.05) is 45.0 Å². The number of rotatable bonds is 11. The lowest BCUT2D eigenvalue weighted by molar-refractivity contribution is -0.140. The van der Waals surface area contributed by atoms with Crippen LogP contribution in [-0.4, -0.2) is 104 Å². The molecule has 4 heterocycles. The Labute approximate surface area is 292 Å². The number of aryl methyl sites for hydroxylation is 1. The van der Waals surface area contributed by atoms with Gasteiger partial charge in [0, 0.05) is 50.9 Å². The fourth-order valence-corrected chi connectivity index (χ4v) is 7.29. The quantitative estimate of drug-likeness (QED) is 0.200. The van der Waals surface area contributed by atoms with Crippen LogP contribution in [0.3, 0.4) is 0 Å². The number of likely N-dealkylation sites (tertiary alicyclic amines) is 1. The van der Waals surface area contributed by atoms with E-state index >= 15 is 0 Å². The van der Waals surface area contributed by atoms with Gasteiger partial charge in [-0.15, -0.1) is 16.4 Å². The molecule has 264 valence electrons. The van der Waals surface area contributed by atoms with E-state index in [2.05, 4.69) is 61.6 Å². The van der Waals surface area contributed by atoms with Gasteiger partial charge in [-0.3, -0.25) is 14.5 Å². The molecule has 0 radical (unpaired) electrons. The van der Waals surface area contributed by atoms with Gasteiger partial charge in [-0.2, -0.15) is 5.10 Å². The van der Waals surface area contributed by atoms with Gasteiger partial charge in [0.15, 0.2) is 5.82 Å². The monoisotopic (exact) mass is 691 g/mol. The highest BCUT2D eigenvalue weighted by molar-refractivity contribution is 7.13. The SMILES string of the molecule is C=C(N[C@@H](C)c1ccc(-c2scnc2C)cc1)[C@@H]1C[C@@H](O)CN1C(=O)[C@@H](NC(=O)CN1CCN(c2cc(CO)nnc2N)CC1)C(C)(C)C. The number of carbonyl (C=O) groups excluding carboxylic acids is 2. The molecule has 0 saturated carbocycles. The van der Waals surface area contributed by atoms with Crippen molar-refractivity contribution < 1.29 is 19.8 Å². The number of aromatic nitrogens is 3. The smallest absolute Gasteiger partial charge is 0.246 e. The van der Waals surface area contributed by atoms with Crippen LogP contribution in [-0.2, 0) is 16.2 Å². The van der Waals surface area contributed by atoms with E-state index in [0.717, 1.165) is 21.7 Å². The van der Waals surface area contributed by atoms with Gasteiger partial charge in [0.05, 0.1) is 52.8 Å². The Morgan fingerprint density at radius 3 is 2.43 bits per heavy atom. The number of thiazole rings is 1. The van der Waals surface area contributed by atoms with E-state index in [1.165, 1.54) is 0 Å². The first-order chi connectivity index (χ1) is 23.2. The molecule has 1 aromatic carbocycles. The van der Waals surface area contributed by atoms with Gasteiger partial charge in [-0.05, 0) is 36.5 Å². The van der Waals surface area contributed by atoms with E-state index in [-0.39, 0.29) is 37.6 Å². The normalized spacial score (nSPS) is 19.8. The Morgan fingerprint density at radius 2 is 1.82 bits per heavy atom. The predicted molar refractivity (Wildman–Crippen MR) is 192 cm³/mol.